The lowest BCUT2D eigenvalue weighted by Gasteiger charge is -2.20. The van der Waals surface area contributed by atoms with Gasteiger partial charge in [-0.1, -0.05) is 46.9 Å². The quantitative estimate of drug-likeness (QED) is 0.549. The Morgan fingerprint density at radius 1 is 0.926 bits per heavy atom. The van der Waals surface area contributed by atoms with Crippen molar-refractivity contribution in [1.82, 2.24) is 10.3 Å². The van der Waals surface area contributed by atoms with E-state index in [4.69, 9.17) is 34.8 Å². The van der Waals surface area contributed by atoms with E-state index in [1.165, 1.54) is 0 Å². The summed E-state index contributed by atoms with van der Waals surface area (Å²) < 4.78 is 0. The smallest absolute Gasteiger partial charge is 0.252 e. The summed E-state index contributed by atoms with van der Waals surface area (Å²) >= 11 is 18.2. The first-order valence-electron chi connectivity index (χ1n) is 8.29. The van der Waals surface area contributed by atoms with Crippen molar-refractivity contribution in [1.29, 1.82) is 0 Å². The summed E-state index contributed by atoms with van der Waals surface area (Å²) in [4.78, 5) is 17.2. The summed E-state index contributed by atoms with van der Waals surface area (Å²) in [5.41, 5.74) is 4.19. The van der Waals surface area contributed by atoms with Crippen LogP contribution < -0.4 is 5.32 Å². The SMILES string of the molecule is Cc1ccc(C(=O)N[C@@H](c2ccc(Cl)c(Cl)c2)c2ccc(Cl)cn2)cc1C. The number of carbonyl (C=O) groups excluding carboxylic acids is 1. The third kappa shape index (κ3) is 4.62. The molecular weight excluding hydrogens is 403 g/mol. The lowest BCUT2D eigenvalue weighted by Crippen LogP contribution is -2.30. The summed E-state index contributed by atoms with van der Waals surface area (Å²) in [6.07, 6.45) is 1.55. The molecule has 1 heterocycles. The van der Waals surface area contributed by atoms with Crippen molar-refractivity contribution in [3.63, 3.8) is 0 Å². The first-order valence-corrected chi connectivity index (χ1v) is 9.43. The number of aryl methyl sites for hydroxylation is 2. The van der Waals surface area contributed by atoms with E-state index in [1.54, 1.807) is 36.5 Å². The van der Waals surface area contributed by atoms with Crippen LogP contribution in [-0.2, 0) is 0 Å². The van der Waals surface area contributed by atoms with Gasteiger partial charge in [0.25, 0.3) is 5.91 Å². The highest BCUT2D eigenvalue weighted by Gasteiger charge is 2.20. The Morgan fingerprint density at radius 3 is 2.33 bits per heavy atom. The van der Waals surface area contributed by atoms with Crippen LogP contribution in [0.5, 0.6) is 0 Å². The van der Waals surface area contributed by atoms with Crippen molar-refractivity contribution in [2.45, 2.75) is 19.9 Å². The summed E-state index contributed by atoms with van der Waals surface area (Å²) in [5, 5.41) is 4.41. The Kier molecular flexibility index (Phi) is 6.05. The minimum Gasteiger partial charge on any atom is -0.340 e. The minimum atomic E-state index is -0.494. The molecule has 0 aliphatic heterocycles. The Balaban J connectivity index is 1.98. The molecule has 3 nitrogen and oxygen atoms in total. The van der Waals surface area contributed by atoms with Crippen LogP contribution in [0.15, 0.2) is 54.7 Å². The van der Waals surface area contributed by atoms with Gasteiger partial charge >= 0.3 is 0 Å². The van der Waals surface area contributed by atoms with Crippen LogP contribution in [-0.4, -0.2) is 10.9 Å². The molecule has 0 spiro atoms. The number of benzene rings is 2. The number of aromatic nitrogens is 1. The number of carbonyl (C=O) groups is 1. The molecule has 6 heteroatoms. The van der Waals surface area contributed by atoms with Gasteiger partial charge in [0.05, 0.1) is 26.8 Å². The van der Waals surface area contributed by atoms with Gasteiger partial charge in [0.15, 0.2) is 0 Å². The van der Waals surface area contributed by atoms with Gasteiger partial charge in [-0.05, 0) is 66.9 Å². The van der Waals surface area contributed by atoms with Crippen LogP contribution in [0.1, 0.15) is 38.8 Å². The van der Waals surface area contributed by atoms with Crippen molar-refractivity contribution in [2.75, 3.05) is 0 Å². The second kappa shape index (κ2) is 8.30. The molecule has 1 atom stereocenters. The molecule has 1 amide bonds. The molecule has 0 aliphatic rings. The molecule has 27 heavy (non-hydrogen) atoms. The molecule has 0 bridgehead atoms. The van der Waals surface area contributed by atoms with Crippen molar-refractivity contribution in [2.24, 2.45) is 0 Å². The van der Waals surface area contributed by atoms with Gasteiger partial charge in [0, 0.05) is 11.8 Å². The molecule has 0 fully saturated rings. The molecule has 138 valence electrons. The lowest BCUT2D eigenvalue weighted by molar-refractivity contribution is 0.0942. The van der Waals surface area contributed by atoms with Crippen LogP contribution >= 0.6 is 34.8 Å². The fourth-order valence-electron chi connectivity index (χ4n) is 2.68. The predicted molar refractivity (Wildman–Crippen MR) is 111 cm³/mol. The number of hydrogen-bond acceptors (Lipinski definition) is 2. The number of rotatable bonds is 4. The van der Waals surface area contributed by atoms with Gasteiger partial charge in [0.2, 0.25) is 0 Å². The first kappa shape index (κ1) is 19.7. The van der Waals surface area contributed by atoms with Crippen LogP contribution in [0.2, 0.25) is 15.1 Å². The van der Waals surface area contributed by atoms with E-state index in [9.17, 15) is 4.79 Å². The number of nitrogens with one attached hydrogen (secondary N) is 1. The van der Waals surface area contributed by atoms with Crippen molar-refractivity contribution < 1.29 is 4.79 Å². The van der Waals surface area contributed by atoms with Crippen LogP contribution in [0.4, 0.5) is 0 Å². The third-order valence-corrected chi connectivity index (χ3v) is 5.33. The molecule has 0 saturated carbocycles. The van der Waals surface area contributed by atoms with E-state index in [0.717, 1.165) is 16.7 Å². The maximum atomic E-state index is 12.9. The van der Waals surface area contributed by atoms with Crippen molar-refractivity contribution in [3.05, 3.63) is 97.7 Å². The molecule has 0 saturated heterocycles. The van der Waals surface area contributed by atoms with Crippen LogP contribution in [0.25, 0.3) is 0 Å². The largest absolute Gasteiger partial charge is 0.340 e. The van der Waals surface area contributed by atoms with Gasteiger partial charge in [-0.15, -0.1) is 0 Å². The average molecular weight is 420 g/mol. The molecule has 0 aliphatic carbocycles. The fraction of sp³-hybridized carbons (Fsp3) is 0.143. The van der Waals surface area contributed by atoms with Crippen LogP contribution in [0.3, 0.4) is 0 Å². The first-order chi connectivity index (χ1) is 12.8. The monoisotopic (exact) mass is 418 g/mol. The maximum absolute atomic E-state index is 12.9. The Labute approximate surface area is 173 Å². The Bertz CT molecular complexity index is 987. The summed E-state index contributed by atoms with van der Waals surface area (Å²) in [7, 11) is 0. The second-order valence-electron chi connectivity index (χ2n) is 6.28. The van der Waals surface area contributed by atoms with E-state index in [0.29, 0.717) is 26.3 Å². The minimum absolute atomic E-state index is 0.203. The zero-order chi connectivity index (χ0) is 19.6. The van der Waals surface area contributed by atoms with Gasteiger partial charge in [-0.2, -0.15) is 0 Å². The van der Waals surface area contributed by atoms with Crippen LogP contribution in [0, 0.1) is 13.8 Å². The number of pyridine rings is 1. The van der Waals surface area contributed by atoms with Crippen molar-refractivity contribution >= 4 is 40.7 Å². The summed E-state index contributed by atoms with van der Waals surface area (Å²) in [6.45, 7) is 3.98. The van der Waals surface area contributed by atoms with Crippen molar-refractivity contribution in [3.8, 4) is 0 Å². The van der Waals surface area contributed by atoms with E-state index in [-0.39, 0.29) is 5.91 Å². The molecule has 3 aromatic rings. The van der Waals surface area contributed by atoms with Gasteiger partial charge in [-0.25, -0.2) is 0 Å². The zero-order valence-corrected chi connectivity index (χ0v) is 17.0. The van der Waals surface area contributed by atoms with E-state index < -0.39 is 6.04 Å². The topological polar surface area (TPSA) is 42.0 Å². The predicted octanol–water partition coefficient (Wildman–Crippen LogP) is 6.18. The van der Waals surface area contributed by atoms with E-state index in [1.807, 2.05) is 32.0 Å². The molecule has 0 radical (unpaired) electrons. The van der Waals surface area contributed by atoms with Gasteiger partial charge in [0.1, 0.15) is 0 Å². The summed E-state index contributed by atoms with van der Waals surface area (Å²) in [6, 6.07) is 13.9. The standard InChI is InChI=1S/C21H17Cl3N2O/c1-12-3-4-15(9-13(12)2)21(27)26-20(19-8-6-16(22)11-25-19)14-5-7-17(23)18(24)10-14/h3-11,20H,1-2H3,(H,26,27)/t20-/m0/s1. The summed E-state index contributed by atoms with van der Waals surface area (Å²) in [5.74, 6) is -0.203. The molecular formula is C21H17Cl3N2O. The van der Waals surface area contributed by atoms with Gasteiger partial charge in [-0.3, -0.25) is 9.78 Å². The number of nitrogens with zero attached hydrogens (tertiary/aromatic N) is 1. The fourth-order valence-corrected chi connectivity index (χ4v) is 3.09. The molecule has 1 N–H and O–H groups in total. The highest BCUT2D eigenvalue weighted by molar-refractivity contribution is 6.42. The zero-order valence-electron chi connectivity index (χ0n) is 14.8. The number of halogens is 3. The molecule has 1 aromatic heterocycles. The second-order valence-corrected chi connectivity index (χ2v) is 7.53. The van der Waals surface area contributed by atoms with Gasteiger partial charge < -0.3 is 5.32 Å². The highest BCUT2D eigenvalue weighted by Crippen LogP contribution is 2.29. The molecule has 3 rings (SSSR count). The number of amides is 1. The number of hydrogen-bond donors (Lipinski definition) is 1. The third-order valence-electron chi connectivity index (χ3n) is 4.37. The highest BCUT2D eigenvalue weighted by atomic mass is 35.5. The Hall–Kier alpha value is -2.07. The molecule has 2 aromatic carbocycles. The lowest BCUT2D eigenvalue weighted by atomic mass is 10.0. The maximum Gasteiger partial charge on any atom is 0.252 e. The van der Waals surface area contributed by atoms with E-state index >= 15 is 0 Å². The average Bonchev–Trinajstić information content (AvgIpc) is 2.65. The normalized spacial score (nSPS) is 11.9. The molecule has 0 unspecified atom stereocenters. The Morgan fingerprint density at radius 2 is 1.70 bits per heavy atom. The van der Waals surface area contributed by atoms with E-state index in [2.05, 4.69) is 10.3 Å².